The molecule has 0 saturated heterocycles. The van der Waals surface area contributed by atoms with E-state index in [-0.39, 0.29) is 11.7 Å². The average Bonchev–Trinajstić information content (AvgIpc) is 3.27. The van der Waals surface area contributed by atoms with Gasteiger partial charge in [0.25, 0.3) is 0 Å². The average molecular weight is 394 g/mol. The molecule has 0 unspecified atom stereocenters. The van der Waals surface area contributed by atoms with Crippen LogP contribution in [0.2, 0.25) is 0 Å². The second-order valence-corrected chi connectivity index (χ2v) is 7.50. The van der Waals surface area contributed by atoms with E-state index < -0.39 is 0 Å². The van der Waals surface area contributed by atoms with Crippen molar-refractivity contribution in [1.82, 2.24) is 19.7 Å². The molecule has 0 saturated carbocycles. The van der Waals surface area contributed by atoms with Crippen LogP contribution in [-0.4, -0.2) is 31.4 Å². The highest BCUT2D eigenvalue weighted by Gasteiger charge is 2.15. The van der Waals surface area contributed by atoms with E-state index in [4.69, 9.17) is 5.26 Å². The summed E-state index contributed by atoms with van der Waals surface area (Å²) in [5, 5.41) is 24.0. The number of hydrogen-bond donors (Lipinski definition) is 1. The molecule has 134 valence electrons. The Morgan fingerprint density at radius 2 is 2.19 bits per heavy atom. The molecule has 0 fully saturated rings. The van der Waals surface area contributed by atoms with Gasteiger partial charge in [-0.25, -0.2) is 4.98 Å². The predicted octanol–water partition coefficient (Wildman–Crippen LogP) is 3.66. The maximum Gasteiger partial charge on any atom is 0.235 e. The summed E-state index contributed by atoms with van der Waals surface area (Å²) < 4.78 is 2.09. The minimum Gasteiger partial charge on any atom is -0.324 e. The second-order valence-electron chi connectivity index (χ2n) is 5.64. The summed E-state index contributed by atoms with van der Waals surface area (Å²) in [6.07, 6.45) is 0. The van der Waals surface area contributed by atoms with Crippen molar-refractivity contribution in [2.75, 3.05) is 11.1 Å². The van der Waals surface area contributed by atoms with Crippen LogP contribution >= 0.6 is 23.1 Å². The Morgan fingerprint density at radius 3 is 3.00 bits per heavy atom. The van der Waals surface area contributed by atoms with Crippen LogP contribution < -0.4 is 5.32 Å². The summed E-state index contributed by atoms with van der Waals surface area (Å²) in [7, 11) is 0. The number of benzene rings is 1. The molecule has 0 radical (unpaired) electrons. The highest BCUT2D eigenvalue weighted by Crippen LogP contribution is 2.27. The lowest BCUT2D eigenvalue weighted by molar-refractivity contribution is -0.113. The van der Waals surface area contributed by atoms with E-state index in [0.29, 0.717) is 15.7 Å². The Labute approximate surface area is 163 Å². The van der Waals surface area contributed by atoms with E-state index in [1.807, 2.05) is 24.3 Å². The van der Waals surface area contributed by atoms with Gasteiger partial charge in [0.1, 0.15) is 16.6 Å². The van der Waals surface area contributed by atoms with Gasteiger partial charge in [0, 0.05) is 11.9 Å². The van der Waals surface area contributed by atoms with Gasteiger partial charge in [-0.2, -0.15) is 5.26 Å². The zero-order valence-electron chi connectivity index (χ0n) is 14.3. The fourth-order valence-corrected chi connectivity index (χ4v) is 4.19. The number of carbonyl (C=O) groups excluding carboxylic acids is 1. The van der Waals surface area contributed by atoms with Gasteiger partial charge in [-0.15, -0.1) is 21.5 Å². The minimum atomic E-state index is -0.210. The number of aryl methyl sites for hydroxylation is 1. The second kappa shape index (κ2) is 7.34. The maximum absolute atomic E-state index is 12.2. The molecule has 0 aliphatic heterocycles. The molecule has 4 aromatic rings. The van der Waals surface area contributed by atoms with Gasteiger partial charge in [-0.1, -0.05) is 30.0 Å². The molecular weight excluding hydrogens is 380 g/mol. The molecule has 9 heteroatoms. The number of thioether (sulfide) groups is 1. The molecule has 3 heterocycles. The van der Waals surface area contributed by atoms with E-state index in [2.05, 4.69) is 38.1 Å². The predicted molar refractivity (Wildman–Crippen MR) is 107 cm³/mol. The summed E-state index contributed by atoms with van der Waals surface area (Å²) in [5.74, 6) is -0.0684. The van der Waals surface area contributed by atoms with Crippen LogP contribution in [0.3, 0.4) is 0 Å². The molecule has 1 aromatic carbocycles. The number of rotatable bonds is 5. The highest BCUT2D eigenvalue weighted by atomic mass is 32.2. The Bertz CT molecular complexity index is 1190. The summed E-state index contributed by atoms with van der Waals surface area (Å²) in [4.78, 5) is 16.8. The van der Waals surface area contributed by atoms with Crippen molar-refractivity contribution < 1.29 is 4.79 Å². The topological polar surface area (TPSA) is 96.5 Å². The number of hydrogen-bond acceptors (Lipinski definition) is 7. The lowest BCUT2D eigenvalue weighted by atomic mass is 10.2. The zero-order valence-corrected chi connectivity index (χ0v) is 16.0. The SMILES string of the molecule is CCn1c2ccccc2c2nnc(SCC(=O)Nc3sccc3C#N)nc21. The Hall–Kier alpha value is -2.96. The van der Waals surface area contributed by atoms with E-state index >= 15 is 0 Å². The monoisotopic (exact) mass is 394 g/mol. The van der Waals surface area contributed by atoms with Gasteiger partial charge in [0.05, 0.1) is 16.8 Å². The molecule has 0 atom stereocenters. The third-order valence-electron chi connectivity index (χ3n) is 4.04. The number of thiophene rings is 1. The molecule has 1 amide bonds. The van der Waals surface area contributed by atoms with Crippen molar-refractivity contribution in [3.63, 3.8) is 0 Å². The number of carbonyl (C=O) groups is 1. The molecule has 7 nitrogen and oxygen atoms in total. The maximum atomic E-state index is 12.2. The fourth-order valence-electron chi connectivity index (χ4n) is 2.86. The largest absolute Gasteiger partial charge is 0.324 e. The summed E-state index contributed by atoms with van der Waals surface area (Å²) in [6.45, 7) is 2.82. The number of nitrogens with one attached hydrogen (secondary N) is 1. The first-order chi connectivity index (χ1) is 13.2. The van der Waals surface area contributed by atoms with Crippen molar-refractivity contribution in [2.45, 2.75) is 18.6 Å². The quantitative estimate of drug-likeness (QED) is 0.519. The molecule has 1 N–H and O–H groups in total. The van der Waals surface area contributed by atoms with Crippen molar-refractivity contribution in [1.29, 1.82) is 5.26 Å². The van der Waals surface area contributed by atoms with Crippen molar-refractivity contribution in [2.24, 2.45) is 0 Å². The van der Waals surface area contributed by atoms with E-state index in [1.165, 1.54) is 23.1 Å². The standard InChI is InChI=1S/C18H14N6OS2/c1-2-24-13-6-4-3-5-12(13)15-16(24)21-18(23-22-15)27-10-14(25)20-17-11(9-19)7-8-26-17/h3-8H,2,10H2,1H3,(H,20,25). The normalized spacial score (nSPS) is 11.0. The molecule has 4 rings (SSSR count). The van der Waals surface area contributed by atoms with Gasteiger partial charge < -0.3 is 9.88 Å². The third-order valence-corrected chi connectivity index (χ3v) is 5.71. The van der Waals surface area contributed by atoms with Crippen LogP contribution in [0.5, 0.6) is 0 Å². The Balaban J connectivity index is 1.55. The molecule has 3 aromatic heterocycles. The minimum absolute atomic E-state index is 0.141. The van der Waals surface area contributed by atoms with Crippen LogP contribution in [0, 0.1) is 11.3 Å². The van der Waals surface area contributed by atoms with Crippen LogP contribution in [0.1, 0.15) is 12.5 Å². The first-order valence-corrected chi connectivity index (χ1v) is 10.1. The molecule has 0 spiro atoms. The molecule has 0 aliphatic rings. The van der Waals surface area contributed by atoms with Crippen LogP contribution in [0.25, 0.3) is 22.1 Å². The summed E-state index contributed by atoms with van der Waals surface area (Å²) in [5.41, 5.74) is 3.06. The van der Waals surface area contributed by atoms with Gasteiger partial charge in [-0.3, -0.25) is 4.79 Å². The van der Waals surface area contributed by atoms with E-state index in [1.54, 1.807) is 11.4 Å². The van der Waals surface area contributed by atoms with Gasteiger partial charge in [0.2, 0.25) is 11.1 Å². The molecule has 0 aliphatic carbocycles. The number of para-hydroxylation sites is 1. The zero-order chi connectivity index (χ0) is 18.8. The first-order valence-electron chi connectivity index (χ1n) is 8.23. The van der Waals surface area contributed by atoms with Gasteiger partial charge in [0.15, 0.2) is 5.65 Å². The van der Waals surface area contributed by atoms with Crippen molar-refractivity contribution in [3.05, 3.63) is 41.3 Å². The first kappa shape index (κ1) is 17.5. The number of fused-ring (bicyclic) bond motifs is 3. The van der Waals surface area contributed by atoms with Crippen LogP contribution in [-0.2, 0) is 11.3 Å². The summed E-state index contributed by atoms with van der Waals surface area (Å²) in [6, 6.07) is 11.7. The molecule has 27 heavy (non-hydrogen) atoms. The van der Waals surface area contributed by atoms with Crippen LogP contribution in [0.4, 0.5) is 5.00 Å². The highest BCUT2D eigenvalue weighted by molar-refractivity contribution is 7.99. The number of amides is 1. The van der Waals surface area contributed by atoms with E-state index in [0.717, 1.165) is 28.6 Å². The van der Waals surface area contributed by atoms with Crippen molar-refractivity contribution >= 4 is 56.1 Å². The summed E-state index contributed by atoms with van der Waals surface area (Å²) >= 11 is 2.54. The number of nitriles is 1. The number of anilines is 1. The van der Waals surface area contributed by atoms with Gasteiger partial charge >= 0.3 is 0 Å². The number of aromatic nitrogens is 4. The van der Waals surface area contributed by atoms with Crippen LogP contribution in [0.15, 0.2) is 40.9 Å². The van der Waals surface area contributed by atoms with Gasteiger partial charge in [-0.05, 0) is 24.4 Å². The lowest BCUT2D eigenvalue weighted by Gasteiger charge is -2.04. The molecule has 0 bridgehead atoms. The lowest BCUT2D eigenvalue weighted by Crippen LogP contribution is -2.14. The fraction of sp³-hybridized carbons (Fsp3) is 0.167. The van der Waals surface area contributed by atoms with E-state index in [9.17, 15) is 4.79 Å². The smallest absolute Gasteiger partial charge is 0.235 e. The Kier molecular flexibility index (Phi) is 4.75. The molecular formula is C18H14N6OS2. The van der Waals surface area contributed by atoms with Crippen molar-refractivity contribution in [3.8, 4) is 6.07 Å². The third kappa shape index (κ3) is 3.25. The Morgan fingerprint density at radius 1 is 1.33 bits per heavy atom. The number of nitrogens with zero attached hydrogens (tertiary/aromatic N) is 5.